The second-order valence-corrected chi connectivity index (χ2v) is 5.13. The van der Waals surface area contributed by atoms with Crippen LogP contribution in [0.5, 0.6) is 5.75 Å². The Hall–Kier alpha value is -1.58. The van der Waals surface area contributed by atoms with E-state index in [1.807, 2.05) is 38.4 Å². The fourth-order valence-corrected chi connectivity index (χ4v) is 2.15. The highest BCUT2D eigenvalue weighted by atomic mass is 35.5. The molecule has 0 heterocycles. The molecule has 0 fully saturated rings. The van der Waals surface area contributed by atoms with Gasteiger partial charge in [0.1, 0.15) is 0 Å². The van der Waals surface area contributed by atoms with Crippen LogP contribution in [0.4, 0.5) is 4.39 Å². The Balaban J connectivity index is 2.41. The summed E-state index contributed by atoms with van der Waals surface area (Å²) in [4.78, 5) is 2.06. The lowest BCUT2D eigenvalue weighted by molar-refractivity contribution is 0.402. The van der Waals surface area contributed by atoms with Gasteiger partial charge in [-0.25, -0.2) is 4.39 Å². The summed E-state index contributed by atoms with van der Waals surface area (Å²) in [6.07, 6.45) is 0. The zero-order valence-corrected chi connectivity index (χ0v) is 11.6. The van der Waals surface area contributed by atoms with Crippen LogP contribution in [-0.2, 0) is 6.54 Å². The van der Waals surface area contributed by atoms with Crippen LogP contribution in [0.2, 0.25) is 5.02 Å². The van der Waals surface area contributed by atoms with Crippen molar-refractivity contribution in [2.75, 3.05) is 14.1 Å². The van der Waals surface area contributed by atoms with E-state index in [9.17, 15) is 9.50 Å². The molecule has 2 nitrogen and oxygen atoms in total. The largest absolute Gasteiger partial charge is 0.504 e. The van der Waals surface area contributed by atoms with Crippen molar-refractivity contribution in [3.63, 3.8) is 0 Å². The smallest absolute Gasteiger partial charge is 0.170 e. The van der Waals surface area contributed by atoms with Gasteiger partial charge in [-0.3, -0.25) is 0 Å². The SMILES string of the molecule is CN(C)Cc1cccc(-c2cc(F)c(O)c(Cl)c2)c1. The van der Waals surface area contributed by atoms with E-state index >= 15 is 0 Å². The molecule has 0 aromatic heterocycles. The van der Waals surface area contributed by atoms with E-state index in [1.54, 1.807) is 6.07 Å². The van der Waals surface area contributed by atoms with Crippen molar-refractivity contribution in [2.24, 2.45) is 0 Å². The number of phenols is 1. The fraction of sp³-hybridized carbons (Fsp3) is 0.200. The van der Waals surface area contributed by atoms with Crippen LogP contribution in [0.15, 0.2) is 36.4 Å². The molecule has 0 unspecified atom stereocenters. The Morgan fingerprint density at radius 3 is 2.53 bits per heavy atom. The van der Waals surface area contributed by atoms with Gasteiger partial charge in [0.05, 0.1) is 5.02 Å². The molecular weight excluding hydrogens is 265 g/mol. The number of halogens is 2. The number of aromatic hydroxyl groups is 1. The predicted octanol–water partition coefficient (Wildman–Crippen LogP) is 3.91. The second kappa shape index (κ2) is 5.59. The zero-order valence-electron chi connectivity index (χ0n) is 10.8. The molecule has 2 aromatic rings. The molecular formula is C15H15ClFNO. The number of benzene rings is 2. The van der Waals surface area contributed by atoms with Crippen LogP contribution >= 0.6 is 11.6 Å². The number of nitrogens with zero attached hydrogens (tertiary/aromatic N) is 1. The minimum absolute atomic E-state index is 0.0213. The Morgan fingerprint density at radius 2 is 1.89 bits per heavy atom. The monoisotopic (exact) mass is 279 g/mol. The lowest BCUT2D eigenvalue weighted by Gasteiger charge is -2.11. The van der Waals surface area contributed by atoms with Crippen molar-refractivity contribution in [3.8, 4) is 16.9 Å². The third kappa shape index (κ3) is 3.25. The van der Waals surface area contributed by atoms with Gasteiger partial charge in [0, 0.05) is 6.54 Å². The van der Waals surface area contributed by atoms with E-state index in [4.69, 9.17) is 11.6 Å². The molecule has 4 heteroatoms. The second-order valence-electron chi connectivity index (χ2n) is 4.73. The first-order chi connectivity index (χ1) is 8.97. The molecule has 0 aliphatic carbocycles. The third-order valence-electron chi connectivity index (χ3n) is 2.78. The summed E-state index contributed by atoms with van der Waals surface area (Å²) in [6, 6.07) is 10.7. The average molecular weight is 280 g/mol. The predicted molar refractivity (Wildman–Crippen MR) is 75.9 cm³/mol. The van der Waals surface area contributed by atoms with Crippen molar-refractivity contribution in [2.45, 2.75) is 6.54 Å². The Bertz CT molecular complexity index is 575. The minimum atomic E-state index is -0.708. The van der Waals surface area contributed by atoms with E-state index in [2.05, 4.69) is 4.90 Å². The van der Waals surface area contributed by atoms with Gasteiger partial charge >= 0.3 is 0 Å². The van der Waals surface area contributed by atoms with Gasteiger partial charge in [-0.05, 0) is 49.0 Å². The van der Waals surface area contributed by atoms with Crippen LogP contribution in [-0.4, -0.2) is 24.1 Å². The molecule has 19 heavy (non-hydrogen) atoms. The quantitative estimate of drug-likeness (QED) is 0.921. The Morgan fingerprint density at radius 1 is 1.16 bits per heavy atom. The fourth-order valence-electron chi connectivity index (χ4n) is 1.95. The van der Waals surface area contributed by atoms with Gasteiger partial charge in [0.25, 0.3) is 0 Å². The number of phenolic OH excluding ortho intramolecular Hbond substituents is 1. The molecule has 0 bridgehead atoms. The average Bonchev–Trinajstić information content (AvgIpc) is 2.35. The van der Waals surface area contributed by atoms with E-state index in [0.717, 1.165) is 17.7 Å². The number of rotatable bonds is 3. The summed E-state index contributed by atoms with van der Waals surface area (Å²) in [6.45, 7) is 0.808. The van der Waals surface area contributed by atoms with Crippen LogP contribution in [0, 0.1) is 5.82 Å². The van der Waals surface area contributed by atoms with Crippen molar-refractivity contribution in [3.05, 3.63) is 52.8 Å². The van der Waals surface area contributed by atoms with Crippen LogP contribution in [0.1, 0.15) is 5.56 Å². The van der Waals surface area contributed by atoms with Gasteiger partial charge < -0.3 is 10.0 Å². The zero-order chi connectivity index (χ0) is 14.0. The molecule has 0 amide bonds. The van der Waals surface area contributed by atoms with E-state index < -0.39 is 11.6 Å². The molecule has 0 radical (unpaired) electrons. The van der Waals surface area contributed by atoms with Gasteiger partial charge in [0.2, 0.25) is 0 Å². The highest BCUT2D eigenvalue weighted by Gasteiger charge is 2.09. The van der Waals surface area contributed by atoms with Crippen molar-refractivity contribution < 1.29 is 9.50 Å². The van der Waals surface area contributed by atoms with Crippen LogP contribution in [0.3, 0.4) is 0 Å². The molecule has 100 valence electrons. The van der Waals surface area contributed by atoms with Crippen molar-refractivity contribution in [1.82, 2.24) is 4.90 Å². The summed E-state index contributed by atoms with van der Waals surface area (Å²) in [7, 11) is 3.98. The van der Waals surface area contributed by atoms with Crippen LogP contribution in [0.25, 0.3) is 11.1 Å². The van der Waals surface area contributed by atoms with Crippen molar-refractivity contribution in [1.29, 1.82) is 0 Å². The number of hydrogen-bond acceptors (Lipinski definition) is 2. The molecule has 0 atom stereocenters. The van der Waals surface area contributed by atoms with E-state index in [-0.39, 0.29) is 5.02 Å². The first kappa shape index (κ1) is 13.8. The normalized spacial score (nSPS) is 11.0. The maximum Gasteiger partial charge on any atom is 0.170 e. The molecule has 0 saturated carbocycles. The summed E-state index contributed by atoms with van der Waals surface area (Å²) >= 11 is 5.79. The summed E-state index contributed by atoms with van der Waals surface area (Å²) in [5.41, 5.74) is 2.66. The minimum Gasteiger partial charge on any atom is -0.504 e. The first-order valence-electron chi connectivity index (χ1n) is 5.89. The molecule has 2 rings (SSSR count). The highest BCUT2D eigenvalue weighted by molar-refractivity contribution is 6.32. The maximum absolute atomic E-state index is 13.5. The lowest BCUT2D eigenvalue weighted by atomic mass is 10.0. The van der Waals surface area contributed by atoms with E-state index in [1.165, 1.54) is 6.07 Å². The Kier molecular flexibility index (Phi) is 4.08. The standard InChI is InChI=1S/C15H15ClFNO/c1-18(2)9-10-4-3-5-11(6-10)12-7-13(16)15(19)14(17)8-12/h3-8,19H,9H2,1-2H3. The summed E-state index contributed by atoms with van der Waals surface area (Å²) in [5, 5.41) is 9.36. The molecule has 2 aromatic carbocycles. The molecule has 0 spiro atoms. The van der Waals surface area contributed by atoms with Gasteiger partial charge in [0.15, 0.2) is 11.6 Å². The number of hydrogen-bond donors (Lipinski definition) is 1. The topological polar surface area (TPSA) is 23.5 Å². The molecule has 0 saturated heterocycles. The van der Waals surface area contributed by atoms with Gasteiger partial charge in [-0.2, -0.15) is 0 Å². The molecule has 1 N–H and O–H groups in total. The molecule has 0 aliphatic heterocycles. The van der Waals surface area contributed by atoms with Crippen molar-refractivity contribution >= 4 is 11.6 Å². The maximum atomic E-state index is 13.5. The van der Waals surface area contributed by atoms with Gasteiger partial charge in [-0.1, -0.05) is 29.8 Å². The summed E-state index contributed by atoms with van der Waals surface area (Å²) < 4.78 is 13.5. The lowest BCUT2D eigenvalue weighted by Crippen LogP contribution is -2.10. The Labute approximate surface area is 117 Å². The molecule has 0 aliphatic rings. The highest BCUT2D eigenvalue weighted by Crippen LogP contribution is 2.32. The van der Waals surface area contributed by atoms with Crippen LogP contribution < -0.4 is 0 Å². The van der Waals surface area contributed by atoms with Gasteiger partial charge in [-0.15, -0.1) is 0 Å². The third-order valence-corrected chi connectivity index (χ3v) is 3.06. The first-order valence-corrected chi connectivity index (χ1v) is 6.27. The summed E-state index contributed by atoms with van der Waals surface area (Å²) in [5.74, 6) is -1.21. The van der Waals surface area contributed by atoms with E-state index in [0.29, 0.717) is 5.56 Å².